The third-order valence-corrected chi connectivity index (χ3v) is 2.41. The lowest BCUT2D eigenvalue weighted by Gasteiger charge is -2.06. The molecule has 0 radical (unpaired) electrons. The molecule has 0 atom stereocenters. The van der Waals surface area contributed by atoms with E-state index in [4.69, 9.17) is 4.74 Å². The van der Waals surface area contributed by atoms with Crippen LogP contribution in [0.2, 0.25) is 0 Å². The van der Waals surface area contributed by atoms with Crippen LogP contribution in [0.3, 0.4) is 0 Å². The van der Waals surface area contributed by atoms with Crippen molar-refractivity contribution in [1.82, 2.24) is 10.6 Å². The summed E-state index contributed by atoms with van der Waals surface area (Å²) in [5.41, 5.74) is 0.375. The molecule has 0 aliphatic rings. The Morgan fingerprint density at radius 2 is 1.90 bits per heavy atom. The number of hydrogen-bond acceptors (Lipinski definition) is 5. The van der Waals surface area contributed by atoms with Crippen molar-refractivity contribution in [3.05, 3.63) is 39.9 Å². The van der Waals surface area contributed by atoms with E-state index in [9.17, 15) is 14.9 Å². The predicted molar refractivity (Wildman–Crippen MR) is 77.4 cm³/mol. The molecule has 0 heterocycles. The Bertz CT molecular complexity index is 425. The van der Waals surface area contributed by atoms with Gasteiger partial charge in [-0.3, -0.25) is 14.9 Å². The van der Waals surface area contributed by atoms with E-state index in [1.54, 1.807) is 7.11 Å². The van der Waals surface area contributed by atoms with E-state index in [1.165, 1.54) is 24.3 Å². The zero-order valence-electron chi connectivity index (χ0n) is 11.1. The maximum absolute atomic E-state index is 11.7. The molecule has 0 unspecified atom stereocenters. The lowest BCUT2D eigenvalue weighted by atomic mass is 10.2. The van der Waals surface area contributed by atoms with Crippen molar-refractivity contribution >= 4 is 24.0 Å². The number of ether oxygens (including phenoxy) is 1. The number of non-ortho nitro benzene ring substituents is 1. The first-order valence-corrected chi connectivity index (χ1v) is 5.87. The summed E-state index contributed by atoms with van der Waals surface area (Å²) in [5.74, 6) is -0.247. The normalized spacial score (nSPS) is 9.65. The zero-order valence-corrected chi connectivity index (χ0v) is 11.9. The van der Waals surface area contributed by atoms with Gasteiger partial charge in [0.15, 0.2) is 0 Å². The first-order valence-electron chi connectivity index (χ1n) is 5.87. The highest BCUT2D eigenvalue weighted by molar-refractivity contribution is 5.94. The maximum Gasteiger partial charge on any atom is 0.269 e. The number of rotatable bonds is 8. The second kappa shape index (κ2) is 10.1. The Hall–Kier alpha value is -1.70. The number of nitro groups is 1. The molecule has 1 amide bonds. The first kappa shape index (κ1) is 18.3. The highest BCUT2D eigenvalue weighted by Crippen LogP contribution is 2.11. The molecule has 1 aromatic carbocycles. The minimum atomic E-state index is -0.499. The van der Waals surface area contributed by atoms with Crippen LogP contribution in [0.5, 0.6) is 0 Å². The average molecular weight is 304 g/mol. The molecule has 20 heavy (non-hydrogen) atoms. The third kappa shape index (κ3) is 6.46. The van der Waals surface area contributed by atoms with Gasteiger partial charge in [-0.15, -0.1) is 12.4 Å². The Labute approximate surface area is 123 Å². The van der Waals surface area contributed by atoms with Crippen LogP contribution in [0.1, 0.15) is 10.4 Å². The first-order chi connectivity index (χ1) is 9.15. The molecule has 0 aromatic heterocycles. The van der Waals surface area contributed by atoms with Crippen molar-refractivity contribution in [2.45, 2.75) is 0 Å². The molecule has 0 aliphatic heterocycles. The fourth-order valence-electron chi connectivity index (χ4n) is 1.40. The van der Waals surface area contributed by atoms with E-state index in [0.717, 1.165) is 6.54 Å². The largest absolute Gasteiger partial charge is 0.383 e. The number of halogens is 1. The second-order valence-corrected chi connectivity index (χ2v) is 3.80. The van der Waals surface area contributed by atoms with Gasteiger partial charge in [-0.25, -0.2) is 0 Å². The average Bonchev–Trinajstić information content (AvgIpc) is 2.42. The second-order valence-electron chi connectivity index (χ2n) is 3.80. The van der Waals surface area contributed by atoms with Gasteiger partial charge in [-0.05, 0) is 12.1 Å². The lowest BCUT2D eigenvalue weighted by molar-refractivity contribution is -0.384. The highest BCUT2D eigenvalue weighted by atomic mass is 35.5. The number of nitro benzene ring substituents is 1. The van der Waals surface area contributed by atoms with Gasteiger partial charge in [0, 0.05) is 44.4 Å². The fourth-order valence-corrected chi connectivity index (χ4v) is 1.40. The van der Waals surface area contributed by atoms with Crippen LogP contribution in [-0.4, -0.2) is 44.2 Å². The van der Waals surface area contributed by atoms with Gasteiger partial charge in [0.25, 0.3) is 11.6 Å². The van der Waals surface area contributed by atoms with Crippen molar-refractivity contribution in [1.29, 1.82) is 0 Å². The molecule has 1 rings (SSSR count). The van der Waals surface area contributed by atoms with Gasteiger partial charge >= 0.3 is 0 Å². The summed E-state index contributed by atoms with van der Waals surface area (Å²) in [6.07, 6.45) is 0. The quantitative estimate of drug-likeness (QED) is 0.424. The van der Waals surface area contributed by atoms with Crippen molar-refractivity contribution in [3.8, 4) is 0 Å². The number of benzene rings is 1. The summed E-state index contributed by atoms with van der Waals surface area (Å²) in [6, 6.07) is 5.50. The smallest absolute Gasteiger partial charge is 0.269 e. The van der Waals surface area contributed by atoms with E-state index in [0.29, 0.717) is 25.3 Å². The molecule has 0 aliphatic carbocycles. The van der Waals surface area contributed by atoms with Gasteiger partial charge in [0.05, 0.1) is 11.5 Å². The SMILES string of the molecule is COCCNCCNC(=O)c1ccc([N+](=O)[O-])cc1.Cl. The number of hydrogen-bond donors (Lipinski definition) is 2. The summed E-state index contributed by atoms with van der Waals surface area (Å²) in [4.78, 5) is 21.6. The standard InChI is InChI=1S/C12H17N3O4.ClH/c1-19-9-8-13-6-7-14-12(16)10-2-4-11(5-3-10)15(17)18;/h2-5,13H,6-9H2,1H3,(H,14,16);1H. The molecule has 0 fully saturated rings. The number of nitrogens with one attached hydrogen (secondary N) is 2. The van der Waals surface area contributed by atoms with E-state index in [-0.39, 0.29) is 24.0 Å². The summed E-state index contributed by atoms with van der Waals surface area (Å²) in [6.45, 7) is 2.47. The Morgan fingerprint density at radius 3 is 2.45 bits per heavy atom. The van der Waals surface area contributed by atoms with E-state index in [1.807, 2.05) is 0 Å². The highest BCUT2D eigenvalue weighted by Gasteiger charge is 2.08. The molecular weight excluding hydrogens is 286 g/mol. The van der Waals surface area contributed by atoms with E-state index >= 15 is 0 Å². The zero-order chi connectivity index (χ0) is 14.1. The molecule has 0 spiro atoms. The minimum absolute atomic E-state index is 0. The third-order valence-electron chi connectivity index (χ3n) is 2.41. The van der Waals surface area contributed by atoms with Gasteiger partial charge in [0.2, 0.25) is 0 Å². The van der Waals surface area contributed by atoms with Crippen molar-refractivity contribution < 1.29 is 14.5 Å². The van der Waals surface area contributed by atoms with Gasteiger partial charge in [-0.1, -0.05) is 0 Å². The van der Waals surface area contributed by atoms with Crippen LogP contribution in [0, 0.1) is 10.1 Å². The van der Waals surface area contributed by atoms with Crippen LogP contribution in [0.25, 0.3) is 0 Å². The molecule has 112 valence electrons. The molecule has 0 saturated heterocycles. The van der Waals surface area contributed by atoms with Crippen LogP contribution >= 0.6 is 12.4 Å². The summed E-state index contributed by atoms with van der Waals surface area (Å²) < 4.78 is 4.86. The molecule has 0 saturated carbocycles. The topological polar surface area (TPSA) is 93.5 Å². The molecule has 8 heteroatoms. The molecular formula is C12H18ClN3O4. The Kier molecular flexibility index (Phi) is 9.27. The molecule has 1 aromatic rings. The summed E-state index contributed by atoms with van der Waals surface area (Å²) in [5, 5.41) is 16.3. The van der Waals surface area contributed by atoms with Gasteiger partial charge in [0.1, 0.15) is 0 Å². The molecule has 2 N–H and O–H groups in total. The lowest BCUT2D eigenvalue weighted by Crippen LogP contribution is -2.33. The number of nitrogens with zero attached hydrogens (tertiary/aromatic N) is 1. The summed E-state index contributed by atoms with van der Waals surface area (Å²) in [7, 11) is 1.62. The Morgan fingerprint density at radius 1 is 1.25 bits per heavy atom. The number of methoxy groups -OCH3 is 1. The van der Waals surface area contributed by atoms with Crippen molar-refractivity contribution in [3.63, 3.8) is 0 Å². The van der Waals surface area contributed by atoms with E-state index < -0.39 is 4.92 Å². The van der Waals surface area contributed by atoms with Crippen LogP contribution in [-0.2, 0) is 4.74 Å². The molecule has 7 nitrogen and oxygen atoms in total. The fraction of sp³-hybridized carbons (Fsp3) is 0.417. The van der Waals surface area contributed by atoms with E-state index in [2.05, 4.69) is 10.6 Å². The number of amides is 1. The maximum atomic E-state index is 11.7. The minimum Gasteiger partial charge on any atom is -0.383 e. The van der Waals surface area contributed by atoms with Crippen molar-refractivity contribution in [2.75, 3.05) is 33.4 Å². The number of carbonyl (C=O) groups is 1. The van der Waals surface area contributed by atoms with Crippen molar-refractivity contribution in [2.24, 2.45) is 0 Å². The van der Waals surface area contributed by atoms with Crippen LogP contribution < -0.4 is 10.6 Å². The van der Waals surface area contributed by atoms with Gasteiger partial charge in [-0.2, -0.15) is 0 Å². The number of carbonyl (C=O) groups excluding carboxylic acids is 1. The molecule has 0 bridgehead atoms. The Balaban J connectivity index is 0.00000361. The van der Waals surface area contributed by atoms with Crippen LogP contribution in [0.4, 0.5) is 5.69 Å². The monoisotopic (exact) mass is 303 g/mol. The summed E-state index contributed by atoms with van der Waals surface area (Å²) >= 11 is 0. The van der Waals surface area contributed by atoms with Gasteiger partial charge < -0.3 is 15.4 Å². The van der Waals surface area contributed by atoms with Crippen LogP contribution in [0.15, 0.2) is 24.3 Å². The predicted octanol–water partition coefficient (Wildman–Crippen LogP) is 0.982.